The fourth-order valence-electron chi connectivity index (χ4n) is 3.71. The van der Waals surface area contributed by atoms with Gasteiger partial charge in [-0.1, -0.05) is 28.1 Å². The molecule has 4 rings (SSSR count). The summed E-state index contributed by atoms with van der Waals surface area (Å²) in [6.45, 7) is 0.209. The van der Waals surface area contributed by atoms with E-state index < -0.39 is 12.0 Å². The molecule has 0 fully saturated rings. The predicted octanol–water partition coefficient (Wildman–Crippen LogP) is 3.90. The van der Waals surface area contributed by atoms with Crippen LogP contribution in [0.2, 0.25) is 0 Å². The lowest BCUT2D eigenvalue weighted by Gasteiger charge is -2.31. The molecule has 2 aromatic carbocycles. The molecule has 1 N–H and O–H groups in total. The van der Waals surface area contributed by atoms with Crippen molar-refractivity contribution in [3.05, 3.63) is 63.8 Å². The van der Waals surface area contributed by atoms with Gasteiger partial charge in [-0.2, -0.15) is 0 Å². The van der Waals surface area contributed by atoms with Gasteiger partial charge >= 0.3 is 5.97 Å². The van der Waals surface area contributed by atoms with E-state index in [1.54, 1.807) is 14.2 Å². The summed E-state index contributed by atoms with van der Waals surface area (Å²) >= 11 is 3.54. The minimum atomic E-state index is -0.510. The number of ether oxygens (including phenoxy) is 3. The Balaban J connectivity index is 2.07. The van der Waals surface area contributed by atoms with Crippen molar-refractivity contribution in [2.24, 2.45) is 0 Å². The van der Waals surface area contributed by atoms with Gasteiger partial charge in [-0.3, -0.25) is 4.57 Å². The first-order valence-corrected chi connectivity index (χ1v) is 9.76. The molecular weight excluding hydrogens is 438 g/mol. The van der Waals surface area contributed by atoms with Gasteiger partial charge < -0.3 is 19.5 Å². The van der Waals surface area contributed by atoms with Gasteiger partial charge in [0.25, 0.3) is 0 Å². The highest BCUT2D eigenvalue weighted by Crippen LogP contribution is 2.43. The number of halogens is 1. The number of aromatic nitrogens is 2. The number of para-hydroxylation sites is 2. The summed E-state index contributed by atoms with van der Waals surface area (Å²) in [5.74, 6) is 0.833. The normalized spacial score (nSPS) is 15.8. The second kappa shape index (κ2) is 7.88. The monoisotopic (exact) mass is 457 g/mol. The highest BCUT2D eigenvalue weighted by Gasteiger charge is 2.37. The van der Waals surface area contributed by atoms with Crippen LogP contribution in [0.4, 0.5) is 5.95 Å². The van der Waals surface area contributed by atoms with Crippen molar-refractivity contribution in [3.63, 3.8) is 0 Å². The maximum absolute atomic E-state index is 12.9. The van der Waals surface area contributed by atoms with E-state index in [0.29, 0.717) is 23.0 Å². The lowest BCUT2D eigenvalue weighted by molar-refractivity contribution is -0.136. The van der Waals surface area contributed by atoms with E-state index in [2.05, 4.69) is 21.2 Å². The molecule has 1 unspecified atom stereocenters. The molecule has 8 heteroatoms. The number of carbonyl (C=O) groups is 1. The molecule has 7 nitrogen and oxygen atoms in total. The topological polar surface area (TPSA) is 74.6 Å². The number of hydrogen-bond donors (Lipinski definition) is 1. The summed E-state index contributed by atoms with van der Waals surface area (Å²) < 4.78 is 19.0. The molecular formula is C21H20BrN3O4. The van der Waals surface area contributed by atoms with Gasteiger partial charge in [0.15, 0.2) is 0 Å². The molecule has 150 valence electrons. The third-order valence-corrected chi connectivity index (χ3v) is 5.39. The second-order valence-electron chi connectivity index (χ2n) is 6.52. The van der Waals surface area contributed by atoms with Crippen LogP contribution in [0, 0.1) is 0 Å². The lowest BCUT2D eigenvalue weighted by atomic mass is 9.94. The first-order chi connectivity index (χ1) is 14.1. The van der Waals surface area contributed by atoms with Gasteiger partial charge in [0, 0.05) is 17.1 Å². The van der Waals surface area contributed by atoms with Gasteiger partial charge in [-0.15, -0.1) is 0 Å². The number of nitrogens with one attached hydrogen (secondary N) is 1. The first-order valence-electron chi connectivity index (χ1n) is 8.96. The van der Waals surface area contributed by atoms with Crippen molar-refractivity contribution >= 4 is 38.9 Å². The Morgan fingerprint density at radius 3 is 2.72 bits per heavy atom. The summed E-state index contributed by atoms with van der Waals surface area (Å²) in [7, 11) is 4.56. The van der Waals surface area contributed by atoms with Gasteiger partial charge in [0.05, 0.1) is 49.2 Å². The van der Waals surface area contributed by atoms with Crippen LogP contribution in [0.5, 0.6) is 5.75 Å². The van der Waals surface area contributed by atoms with E-state index in [4.69, 9.17) is 19.2 Å². The van der Waals surface area contributed by atoms with E-state index in [-0.39, 0.29) is 6.61 Å². The number of hydrogen-bond acceptors (Lipinski definition) is 6. The van der Waals surface area contributed by atoms with Crippen LogP contribution in [0.15, 0.2) is 58.2 Å². The first kappa shape index (κ1) is 19.5. The lowest BCUT2D eigenvalue weighted by Crippen LogP contribution is -2.31. The zero-order chi connectivity index (χ0) is 20.5. The molecule has 0 saturated heterocycles. The Bertz CT molecular complexity index is 1120. The van der Waals surface area contributed by atoms with Crippen LogP contribution < -0.4 is 10.1 Å². The average molecular weight is 458 g/mol. The minimum absolute atomic E-state index is 0.209. The SMILES string of the molecule is COCC1=C(C(=O)OC)C(c2cc(Br)ccc2OC)n2c(nc3ccccc32)N1. The Labute approximate surface area is 176 Å². The van der Waals surface area contributed by atoms with E-state index in [0.717, 1.165) is 21.1 Å². The van der Waals surface area contributed by atoms with Gasteiger partial charge in [-0.25, -0.2) is 9.78 Å². The second-order valence-corrected chi connectivity index (χ2v) is 7.44. The largest absolute Gasteiger partial charge is 0.496 e. The fourth-order valence-corrected chi connectivity index (χ4v) is 4.09. The highest BCUT2D eigenvalue weighted by molar-refractivity contribution is 9.10. The number of nitrogens with zero attached hydrogens (tertiary/aromatic N) is 2. The van der Waals surface area contributed by atoms with Gasteiger partial charge in [0.2, 0.25) is 5.95 Å². The smallest absolute Gasteiger partial charge is 0.338 e. The quantitative estimate of drug-likeness (QED) is 0.585. The molecule has 1 aromatic heterocycles. The number of carbonyl (C=O) groups excluding carboxylic acids is 1. The Kier molecular flexibility index (Phi) is 5.29. The number of imidazole rings is 1. The molecule has 1 aliphatic heterocycles. The van der Waals surface area contributed by atoms with Crippen molar-refractivity contribution in [1.82, 2.24) is 9.55 Å². The van der Waals surface area contributed by atoms with Crippen LogP contribution in [0.25, 0.3) is 11.0 Å². The molecule has 0 radical (unpaired) electrons. The van der Waals surface area contributed by atoms with Crippen molar-refractivity contribution in [3.8, 4) is 5.75 Å². The van der Waals surface area contributed by atoms with E-state index in [9.17, 15) is 4.79 Å². The number of methoxy groups -OCH3 is 3. The number of fused-ring (bicyclic) bond motifs is 3. The molecule has 0 spiro atoms. The maximum atomic E-state index is 12.9. The summed E-state index contributed by atoms with van der Waals surface area (Å²) in [6, 6.07) is 13.0. The molecule has 1 aliphatic rings. The van der Waals surface area contributed by atoms with Gasteiger partial charge in [-0.05, 0) is 30.3 Å². The molecule has 0 aliphatic carbocycles. The Hall–Kier alpha value is -2.84. The third-order valence-electron chi connectivity index (χ3n) is 4.90. The average Bonchev–Trinajstić information content (AvgIpc) is 3.10. The third kappa shape index (κ3) is 3.28. The Morgan fingerprint density at radius 2 is 2.00 bits per heavy atom. The zero-order valence-corrected chi connectivity index (χ0v) is 17.8. The van der Waals surface area contributed by atoms with Crippen LogP contribution in [-0.2, 0) is 14.3 Å². The molecule has 1 atom stereocenters. The molecule has 3 aromatic rings. The van der Waals surface area contributed by atoms with Crippen molar-refractivity contribution in [1.29, 1.82) is 0 Å². The predicted molar refractivity (Wildman–Crippen MR) is 113 cm³/mol. The number of rotatable bonds is 5. The molecule has 0 saturated carbocycles. The van der Waals surface area contributed by atoms with E-state index in [1.807, 2.05) is 47.0 Å². The van der Waals surface area contributed by atoms with Crippen LogP contribution >= 0.6 is 15.9 Å². The van der Waals surface area contributed by atoms with Crippen LogP contribution in [0.1, 0.15) is 11.6 Å². The maximum Gasteiger partial charge on any atom is 0.338 e. The molecule has 29 heavy (non-hydrogen) atoms. The van der Waals surface area contributed by atoms with E-state index in [1.165, 1.54) is 7.11 Å². The molecule has 0 bridgehead atoms. The summed E-state index contributed by atoms with van der Waals surface area (Å²) in [4.78, 5) is 17.6. The summed E-state index contributed by atoms with van der Waals surface area (Å²) in [5, 5.41) is 3.26. The molecule has 2 heterocycles. The standard InChI is InChI=1S/C21H20BrN3O4/c1-27-11-15-18(20(26)29-3)19(13-10-12(22)8-9-17(13)28-2)25-16-7-5-4-6-14(16)23-21(25)24-15/h4-10,19H,11H2,1-3H3,(H,23,24). The number of benzene rings is 2. The number of esters is 1. The zero-order valence-electron chi connectivity index (χ0n) is 16.2. The summed E-state index contributed by atoms with van der Waals surface area (Å²) in [6.07, 6.45) is 0. The minimum Gasteiger partial charge on any atom is -0.496 e. The van der Waals surface area contributed by atoms with Crippen LogP contribution in [0.3, 0.4) is 0 Å². The number of anilines is 1. The Morgan fingerprint density at radius 1 is 1.21 bits per heavy atom. The summed E-state index contributed by atoms with van der Waals surface area (Å²) in [5.41, 5.74) is 3.56. The fraction of sp³-hybridized carbons (Fsp3) is 0.238. The van der Waals surface area contributed by atoms with Crippen molar-refractivity contribution in [2.75, 3.05) is 33.3 Å². The highest BCUT2D eigenvalue weighted by atomic mass is 79.9. The van der Waals surface area contributed by atoms with Crippen molar-refractivity contribution in [2.45, 2.75) is 6.04 Å². The van der Waals surface area contributed by atoms with Gasteiger partial charge in [0.1, 0.15) is 5.75 Å². The molecule has 0 amide bonds. The van der Waals surface area contributed by atoms with E-state index >= 15 is 0 Å². The van der Waals surface area contributed by atoms with Crippen molar-refractivity contribution < 1.29 is 19.0 Å². The van der Waals surface area contributed by atoms with Crippen LogP contribution in [-0.4, -0.2) is 43.5 Å².